The molecule has 7 heteroatoms. The summed E-state index contributed by atoms with van der Waals surface area (Å²) < 4.78 is 7.60. The van der Waals surface area contributed by atoms with Crippen molar-refractivity contribution >= 4 is 16.9 Å². The van der Waals surface area contributed by atoms with Crippen LogP contribution in [0, 0.1) is 11.3 Å². The number of anilines is 1. The minimum atomic E-state index is 0.264. The number of hydrogen-bond acceptors (Lipinski definition) is 6. The predicted octanol–water partition coefficient (Wildman–Crippen LogP) is 3.88. The minimum Gasteiger partial charge on any atom is -0.463 e. The minimum absolute atomic E-state index is 0.264. The van der Waals surface area contributed by atoms with Crippen molar-refractivity contribution in [3.8, 4) is 12.1 Å². The molecule has 2 aromatic heterocycles. The van der Waals surface area contributed by atoms with Gasteiger partial charge in [-0.15, -0.1) is 0 Å². The molecular weight excluding hydrogens is 388 g/mol. The summed E-state index contributed by atoms with van der Waals surface area (Å²) in [4.78, 5) is 11.3. The molecule has 7 nitrogen and oxygen atoms in total. The number of fused-ring (bicyclic) bond motifs is 2. The number of nitrogens with zero attached hydrogens (tertiary/aromatic N) is 5. The third kappa shape index (κ3) is 4.35. The first kappa shape index (κ1) is 21.1. The maximum Gasteiger partial charge on any atom is 0.320 e. The Labute approximate surface area is 183 Å². The van der Waals surface area contributed by atoms with Gasteiger partial charge in [0.05, 0.1) is 18.5 Å². The molecule has 0 radical (unpaired) electrons. The summed E-state index contributed by atoms with van der Waals surface area (Å²) in [6, 6.07) is 11.5. The molecule has 1 aliphatic rings. The maximum atomic E-state index is 9.72. The van der Waals surface area contributed by atoms with Crippen molar-refractivity contribution in [3.63, 3.8) is 0 Å². The molecule has 0 saturated carbocycles. The van der Waals surface area contributed by atoms with Gasteiger partial charge in [-0.3, -0.25) is 4.90 Å². The highest BCUT2D eigenvalue weighted by Gasteiger charge is 2.20. The first-order valence-electron chi connectivity index (χ1n) is 11.0. The first-order valence-corrected chi connectivity index (χ1v) is 11.0. The Morgan fingerprint density at radius 3 is 2.81 bits per heavy atom. The van der Waals surface area contributed by atoms with Crippen LogP contribution >= 0.6 is 0 Å². The van der Waals surface area contributed by atoms with Gasteiger partial charge >= 0.3 is 6.01 Å². The van der Waals surface area contributed by atoms with Gasteiger partial charge in [-0.1, -0.05) is 31.5 Å². The summed E-state index contributed by atoms with van der Waals surface area (Å²) in [6.45, 7) is 9.74. The second kappa shape index (κ2) is 8.94. The number of aromatic nitrogens is 3. The van der Waals surface area contributed by atoms with Crippen LogP contribution < -0.4 is 10.5 Å². The second-order valence-corrected chi connectivity index (χ2v) is 8.48. The van der Waals surface area contributed by atoms with Crippen LogP contribution in [-0.2, 0) is 19.5 Å². The largest absolute Gasteiger partial charge is 0.463 e. The number of benzene rings is 1. The maximum absolute atomic E-state index is 9.72. The Morgan fingerprint density at radius 2 is 2.06 bits per heavy atom. The topological polar surface area (TPSA) is 93.0 Å². The standard InChI is InChI=1S/C24H30N6O/c1-4-5-10-31-24-27-22(26)21-12-20(13-25)30(23(21)28-24)14-17-6-7-18-8-9-29(16(2)3)15-19(18)11-17/h6-7,11-12,16H,4-5,8-10,14-15H2,1-3H3,(H2,26,27,28). The van der Waals surface area contributed by atoms with E-state index in [-0.39, 0.29) is 6.01 Å². The molecular formula is C24H30N6O. The Bertz CT molecular complexity index is 1130. The van der Waals surface area contributed by atoms with E-state index in [9.17, 15) is 5.26 Å². The Balaban J connectivity index is 1.68. The van der Waals surface area contributed by atoms with E-state index in [1.165, 1.54) is 11.1 Å². The smallest absolute Gasteiger partial charge is 0.320 e. The molecule has 0 unspecified atom stereocenters. The molecule has 0 atom stereocenters. The van der Waals surface area contributed by atoms with Crippen molar-refractivity contribution in [2.75, 3.05) is 18.9 Å². The van der Waals surface area contributed by atoms with Crippen LogP contribution in [0.4, 0.5) is 5.82 Å². The van der Waals surface area contributed by atoms with Crippen LogP contribution in [0.15, 0.2) is 24.3 Å². The number of hydrogen-bond donors (Lipinski definition) is 1. The van der Waals surface area contributed by atoms with Gasteiger partial charge in [0.1, 0.15) is 17.6 Å². The quantitative estimate of drug-likeness (QED) is 0.585. The molecule has 2 N–H and O–H groups in total. The Kier molecular flexibility index (Phi) is 6.10. The van der Waals surface area contributed by atoms with Gasteiger partial charge in [-0.2, -0.15) is 15.2 Å². The number of ether oxygens (including phenoxy) is 1. The van der Waals surface area contributed by atoms with Crippen LogP contribution in [0.3, 0.4) is 0 Å². The number of nitrogen functional groups attached to an aromatic ring is 1. The SMILES string of the molecule is CCCCOc1nc(N)c2cc(C#N)n(Cc3ccc4c(c3)CN(C(C)C)CC4)c2n1. The second-order valence-electron chi connectivity index (χ2n) is 8.48. The summed E-state index contributed by atoms with van der Waals surface area (Å²) in [5.74, 6) is 0.338. The zero-order valence-corrected chi connectivity index (χ0v) is 18.6. The number of nitriles is 1. The van der Waals surface area contributed by atoms with Crippen LogP contribution in [0.5, 0.6) is 6.01 Å². The van der Waals surface area contributed by atoms with Gasteiger partial charge in [-0.25, -0.2) is 0 Å². The highest BCUT2D eigenvalue weighted by atomic mass is 16.5. The van der Waals surface area contributed by atoms with E-state index in [0.29, 0.717) is 41.7 Å². The fourth-order valence-electron chi connectivity index (χ4n) is 4.11. The fourth-order valence-corrected chi connectivity index (χ4v) is 4.11. The lowest BCUT2D eigenvalue weighted by molar-refractivity contribution is 0.203. The van der Waals surface area contributed by atoms with Gasteiger partial charge in [0.2, 0.25) is 0 Å². The average molecular weight is 419 g/mol. The zero-order chi connectivity index (χ0) is 22.0. The molecule has 0 bridgehead atoms. The van der Waals surface area contributed by atoms with Gasteiger partial charge < -0.3 is 15.0 Å². The van der Waals surface area contributed by atoms with E-state index in [1.54, 1.807) is 6.07 Å². The zero-order valence-electron chi connectivity index (χ0n) is 18.6. The van der Waals surface area contributed by atoms with E-state index in [1.807, 2.05) is 4.57 Å². The average Bonchev–Trinajstić information content (AvgIpc) is 3.11. The molecule has 0 amide bonds. The third-order valence-electron chi connectivity index (χ3n) is 5.99. The molecule has 0 aliphatic carbocycles. The summed E-state index contributed by atoms with van der Waals surface area (Å²) in [5.41, 5.74) is 11.2. The Morgan fingerprint density at radius 1 is 1.23 bits per heavy atom. The highest BCUT2D eigenvalue weighted by molar-refractivity contribution is 5.88. The van der Waals surface area contributed by atoms with Crippen LogP contribution in [-0.4, -0.2) is 38.6 Å². The van der Waals surface area contributed by atoms with Crippen molar-refractivity contribution in [2.45, 2.75) is 59.2 Å². The Hall–Kier alpha value is -3.11. The van der Waals surface area contributed by atoms with E-state index >= 15 is 0 Å². The predicted molar refractivity (Wildman–Crippen MR) is 122 cm³/mol. The van der Waals surface area contributed by atoms with Crippen LogP contribution in [0.2, 0.25) is 0 Å². The normalized spacial score (nSPS) is 14.0. The summed E-state index contributed by atoms with van der Waals surface area (Å²) in [5, 5.41) is 10.4. The first-order chi connectivity index (χ1) is 15.0. The van der Waals surface area contributed by atoms with Gasteiger partial charge in [0, 0.05) is 19.1 Å². The van der Waals surface area contributed by atoms with Gasteiger partial charge in [0.25, 0.3) is 0 Å². The number of rotatable bonds is 7. The van der Waals surface area contributed by atoms with Crippen LogP contribution in [0.25, 0.3) is 11.0 Å². The van der Waals surface area contributed by atoms with E-state index in [4.69, 9.17) is 10.5 Å². The number of nitrogens with two attached hydrogens (primary N) is 1. The van der Waals surface area contributed by atoms with Crippen molar-refractivity contribution in [2.24, 2.45) is 0 Å². The molecule has 1 aliphatic heterocycles. The molecule has 0 fully saturated rings. The van der Waals surface area contributed by atoms with E-state index < -0.39 is 0 Å². The summed E-state index contributed by atoms with van der Waals surface area (Å²) in [7, 11) is 0. The molecule has 0 spiro atoms. The molecule has 1 aromatic carbocycles. The molecule has 3 heterocycles. The van der Waals surface area contributed by atoms with Gasteiger partial charge in [0.15, 0.2) is 5.65 Å². The van der Waals surface area contributed by atoms with Crippen molar-refractivity contribution in [3.05, 3.63) is 46.6 Å². The van der Waals surface area contributed by atoms with Crippen molar-refractivity contribution in [1.29, 1.82) is 5.26 Å². The molecule has 0 saturated heterocycles. The van der Waals surface area contributed by atoms with Crippen molar-refractivity contribution in [1.82, 2.24) is 19.4 Å². The molecule has 162 valence electrons. The number of unbranched alkanes of at least 4 members (excludes halogenated alkanes) is 1. The lowest BCUT2D eigenvalue weighted by atomic mass is 9.96. The summed E-state index contributed by atoms with van der Waals surface area (Å²) >= 11 is 0. The third-order valence-corrected chi connectivity index (χ3v) is 5.99. The molecule has 4 rings (SSSR count). The van der Waals surface area contributed by atoms with Crippen molar-refractivity contribution < 1.29 is 4.74 Å². The monoisotopic (exact) mass is 418 g/mol. The lowest BCUT2D eigenvalue weighted by Gasteiger charge is -2.32. The summed E-state index contributed by atoms with van der Waals surface area (Å²) in [6.07, 6.45) is 3.03. The highest BCUT2D eigenvalue weighted by Crippen LogP contribution is 2.27. The molecule has 31 heavy (non-hydrogen) atoms. The van der Waals surface area contributed by atoms with Crippen LogP contribution in [0.1, 0.15) is 56.0 Å². The fraction of sp³-hybridized carbons (Fsp3) is 0.458. The lowest BCUT2D eigenvalue weighted by Crippen LogP contribution is -2.35. The van der Waals surface area contributed by atoms with Gasteiger partial charge in [-0.05, 0) is 49.4 Å². The molecule has 3 aromatic rings. The van der Waals surface area contributed by atoms with E-state index in [2.05, 4.69) is 59.9 Å². The van der Waals surface area contributed by atoms with E-state index in [0.717, 1.165) is 37.9 Å².